The number of hydrogen-bond donors (Lipinski definition) is 3. The minimum absolute atomic E-state index is 0. The second-order valence-corrected chi connectivity index (χ2v) is 5.10. The Labute approximate surface area is 119 Å². The standard InChI is InChI=1S/C12H20N4O2.ClH/c1-12(2,18-3)7-14-11(17)10-8-6-13-5-4-9(8)15-16-10;/h13H,4-7H2,1-3H3,(H,14,17)(H,15,16);1H. The zero-order chi connectivity index (χ0) is 13.2. The number of carbonyl (C=O) groups is 1. The summed E-state index contributed by atoms with van der Waals surface area (Å²) in [5, 5.41) is 13.1. The van der Waals surface area contributed by atoms with Crippen LogP contribution in [0.3, 0.4) is 0 Å². The molecule has 19 heavy (non-hydrogen) atoms. The first-order valence-corrected chi connectivity index (χ1v) is 6.14. The third kappa shape index (κ3) is 3.68. The van der Waals surface area contributed by atoms with Crippen molar-refractivity contribution in [1.82, 2.24) is 20.8 Å². The molecule has 0 atom stereocenters. The van der Waals surface area contributed by atoms with Crippen LogP contribution >= 0.6 is 12.4 Å². The number of methoxy groups -OCH3 is 1. The van der Waals surface area contributed by atoms with Gasteiger partial charge in [0.05, 0.1) is 5.60 Å². The van der Waals surface area contributed by atoms with E-state index in [4.69, 9.17) is 4.74 Å². The summed E-state index contributed by atoms with van der Waals surface area (Å²) in [7, 11) is 1.63. The molecule has 1 aromatic heterocycles. The monoisotopic (exact) mass is 288 g/mol. The van der Waals surface area contributed by atoms with Crippen molar-refractivity contribution in [2.24, 2.45) is 0 Å². The summed E-state index contributed by atoms with van der Waals surface area (Å²) in [5.74, 6) is -0.152. The van der Waals surface area contributed by atoms with Crippen LogP contribution in [0.25, 0.3) is 0 Å². The van der Waals surface area contributed by atoms with Crippen LogP contribution in [-0.2, 0) is 17.7 Å². The third-order valence-electron chi connectivity index (χ3n) is 3.25. The van der Waals surface area contributed by atoms with Crippen LogP contribution in [0, 0.1) is 0 Å². The molecule has 0 aliphatic carbocycles. The molecule has 0 saturated carbocycles. The highest BCUT2D eigenvalue weighted by molar-refractivity contribution is 5.94. The molecule has 0 saturated heterocycles. The molecule has 2 rings (SSSR count). The quantitative estimate of drug-likeness (QED) is 0.759. The van der Waals surface area contributed by atoms with E-state index in [9.17, 15) is 4.79 Å². The van der Waals surface area contributed by atoms with E-state index < -0.39 is 0 Å². The van der Waals surface area contributed by atoms with Gasteiger partial charge < -0.3 is 15.4 Å². The van der Waals surface area contributed by atoms with E-state index in [1.807, 2.05) is 13.8 Å². The van der Waals surface area contributed by atoms with Gasteiger partial charge in [0.1, 0.15) is 0 Å². The smallest absolute Gasteiger partial charge is 0.272 e. The van der Waals surface area contributed by atoms with Crippen LogP contribution in [0.2, 0.25) is 0 Å². The highest BCUT2D eigenvalue weighted by atomic mass is 35.5. The van der Waals surface area contributed by atoms with Gasteiger partial charge in [0.2, 0.25) is 0 Å². The predicted molar refractivity (Wildman–Crippen MR) is 74.7 cm³/mol. The van der Waals surface area contributed by atoms with Crippen molar-refractivity contribution < 1.29 is 9.53 Å². The maximum atomic E-state index is 12.1. The maximum Gasteiger partial charge on any atom is 0.272 e. The average molecular weight is 289 g/mol. The predicted octanol–water partition coefficient (Wildman–Crippen LogP) is 0.632. The summed E-state index contributed by atoms with van der Waals surface area (Å²) < 4.78 is 5.26. The van der Waals surface area contributed by atoms with Crippen LogP contribution < -0.4 is 10.6 Å². The molecule has 7 heteroatoms. The van der Waals surface area contributed by atoms with Crippen molar-refractivity contribution in [3.05, 3.63) is 17.0 Å². The molecule has 1 aromatic rings. The van der Waals surface area contributed by atoms with Crippen molar-refractivity contribution in [2.75, 3.05) is 20.2 Å². The van der Waals surface area contributed by atoms with E-state index in [1.54, 1.807) is 7.11 Å². The molecule has 0 spiro atoms. The number of ether oxygens (including phenoxy) is 1. The summed E-state index contributed by atoms with van der Waals surface area (Å²) >= 11 is 0. The van der Waals surface area contributed by atoms with Crippen molar-refractivity contribution >= 4 is 18.3 Å². The lowest BCUT2D eigenvalue weighted by molar-refractivity contribution is 0.0228. The van der Waals surface area contributed by atoms with Crippen LogP contribution in [-0.4, -0.2) is 41.9 Å². The normalized spacial score (nSPS) is 14.5. The summed E-state index contributed by atoms with van der Waals surface area (Å²) in [5.41, 5.74) is 2.16. The van der Waals surface area contributed by atoms with E-state index in [0.717, 1.165) is 24.2 Å². The highest BCUT2D eigenvalue weighted by Crippen LogP contribution is 2.15. The molecular formula is C12H21ClN4O2. The fourth-order valence-corrected chi connectivity index (χ4v) is 1.86. The van der Waals surface area contributed by atoms with E-state index >= 15 is 0 Å². The Morgan fingerprint density at radius 1 is 1.53 bits per heavy atom. The molecule has 108 valence electrons. The van der Waals surface area contributed by atoms with Crippen molar-refractivity contribution in [3.8, 4) is 0 Å². The van der Waals surface area contributed by atoms with E-state index in [-0.39, 0.29) is 23.9 Å². The van der Waals surface area contributed by atoms with Gasteiger partial charge in [-0.1, -0.05) is 0 Å². The number of aromatic nitrogens is 2. The Balaban J connectivity index is 0.00000180. The Morgan fingerprint density at radius 2 is 2.26 bits per heavy atom. The maximum absolute atomic E-state index is 12.1. The average Bonchev–Trinajstić information content (AvgIpc) is 2.80. The van der Waals surface area contributed by atoms with Gasteiger partial charge in [0.15, 0.2) is 5.69 Å². The number of nitrogens with one attached hydrogen (secondary N) is 3. The van der Waals surface area contributed by atoms with Crippen LogP contribution in [0.1, 0.15) is 35.6 Å². The summed E-state index contributed by atoms with van der Waals surface area (Å²) in [6.07, 6.45) is 0.888. The number of amides is 1. The minimum atomic E-state index is -0.371. The minimum Gasteiger partial charge on any atom is -0.377 e. The lowest BCUT2D eigenvalue weighted by Gasteiger charge is -2.23. The Morgan fingerprint density at radius 3 is 2.95 bits per heavy atom. The Hall–Kier alpha value is -1.11. The number of nitrogens with zero attached hydrogens (tertiary/aromatic N) is 1. The highest BCUT2D eigenvalue weighted by Gasteiger charge is 2.23. The van der Waals surface area contributed by atoms with Gasteiger partial charge in [-0.25, -0.2) is 0 Å². The first-order valence-electron chi connectivity index (χ1n) is 6.14. The zero-order valence-electron chi connectivity index (χ0n) is 11.5. The number of halogens is 1. The summed E-state index contributed by atoms with van der Waals surface area (Å²) in [4.78, 5) is 12.1. The molecule has 6 nitrogen and oxygen atoms in total. The zero-order valence-corrected chi connectivity index (χ0v) is 12.3. The molecule has 0 aromatic carbocycles. The number of aromatic amines is 1. The van der Waals surface area contributed by atoms with E-state index in [0.29, 0.717) is 18.8 Å². The first kappa shape index (κ1) is 15.9. The van der Waals surface area contributed by atoms with Gasteiger partial charge in [-0.3, -0.25) is 9.89 Å². The first-order chi connectivity index (χ1) is 8.53. The van der Waals surface area contributed by atoms with Gasteiger partial charge in [0.25, 0.3) is 5.91 Å². The number of rotatable bonds is 4. The molecule has 0 radical (unpaired) electrons. The molecule has 2 heterocycles. The van der Waals surface area contributed by atoms with Crippen molar-refractivity contribution in [2.45, 2.75) is 32.4 Å². The topological polar surface area (TPSA) is 79.0 Å². The van der Waals surface area contributed by atoms with Crippen molar-refractivity contribution in [1.29, 1.82) is 0 Å². The fraction of sp³-hybridized carbons (Fsp3) is 0.667. The molecular weight excluding hydrogens is 268 g/mol. The Bertz CT molecular complexity index is 445. The fourth-order valence-electron chi connectivity index (χ4n) is 1.86. The SMILES string of the molecule is COC(C)(C)CNC(=O)c1n[nH]c2c1CNCC2.Cl. The molecule has 1 aliphatic rings. The second kappa shape index (κ2) is 6.36. The number of fused-ring (bicyclic) bond motifs is 1. The molecule has 0 bridgehead atoms. The van der Waals surface area contributed by atoms with Crippen LogP contribution in [0.5, 0.6) is 0 Å². The molecule has 3 N–H and O–H groups in total. The van der Waals surface area contributed by atoms with E-state index in [1.165, 1.54) is 0 Å². The Kier molecular flexibility index (Phi) is 5.34. The summed E-state index contributed by atoms with van der Waals surface area (Å²) in [6, 6.07) is 0. The van der Waals surface area contributed by atoms with Crippen LogP contribution in [0.15, 0.2) is 0 Å². The third-order valence-corrected chi connectivity index (χ3v) is 3.25. The van der Waals surface area contributed by atoms with Crippen LogP contribution in [0.4, 0.5) is 0 Å². The lowest BCUT2D eigenvalue weighted by Crippen LogP contribution is -2.40. The summed E-state index contributed by atoms with van der Waals surface area (Å²) in [6.45, 7) is 5.93. The molecule has 0 fully saturated rings. The van der Waals surface area contributed by atoms with Gasteiger partial charge in [-0.15, -0.1) is 12.4 Å². The molecule has 0 unspecified atom stereocenters. The number of carbonyl (C=O) groups excluding carboxylic acids is 1. The van der Waals surface area contributed by atoms with Gasteiger partial charge >= 0.3 is 0 Å². The largest absolute Gasteiger partial charge is 0.377 e. The van der Waals surface area contributed by atoms with Gasteiger partial charge in [-0.05, 0) is 13.8 Å². The second-order valence-electron chi connectivity index (χ2n) is 5.10. The number of H-pyrrole nitrogens is 1. The van der Waals surface area contributed by atoms with Gasteiger partial charge in [-0.2, -0.15) is 5.10 Å². The van der Waals surface area contributed by atoms with Gasteiger partial charge in [0, 0.05) is 44.4 Å². The lowest BCUT2D eigenvalue weighted by atomic mass is 10.1. The molecule has 1 aliphatic heterocycles. The molecule has 1 amide bonds. The van der Waals surface area contributed by atoms with Crippen molar-refractivity contribution in [3.63, 3.8) is 0 Å². The van der Waals surface area contributed by atoms with E-state index in [2.05, 4.69) is 20.8 Å². The number of hydrogen-bond acceptors (Lipinski definition) is 4.